The number of nitrogens with one attached hydrogen (secondary N) is 2. The van der Waals surface area contributed by atoms with E-state index >= 15 is 0 Å². The van der Waals surface area contributed by atoms with Gasteiger partial charge in [-0.05, 0) is 88.0 Å². The topological polar surface area (TPSA) is 84.7 Å². The van der Waals surface area contributed by atoms with E-state index in [0.717, 1.165) is 61.0 Å². The number of piperidine rings is 1. The maximum atomic E-state index is 6.41. The number of hydrogen-bond acceptors (Lipinski definition) is 7. The zero-order valence-electron chi connectivity index (χ0n) is 19.2. The van der Waals surface area contributed by atoms with Crippen LogP contribution in [0, 0.1) is 5.92 Å². The van der Waals surface area contributed by atoms with Crippen molar-refractivity contribution >= 4 is 11.5 Å². The van der Waals surface area contributed by atoms with E-state index in [-0.39, 0.29) is 0 Å². The average molecular weight is 440 g/mol. The maximum Gasteiger partial charge on any atom is 0.161 e. The molecule has 174 valence electrons. The highest BCUT2D eigenvalue weighted by Gasteiger charge is 2.17. The fraction of sp³-hybridized carbons (Fsp3) is 0.560. The lowest BCUT2D eigenvalue weighted by molar-refractivity contribution is 0.254. The number of pyridine rings is 1. The van der Waals surface area contributed by atoms with Crippen LogP contribution in [0.4, 0.5) is 11.5 Å². The first-order valence-corrected chi connectivity index (χ1v) is 12.0. The van der Waals surface area contributed by atoms with Crippen LogP contribution in [-0.2, 0) is 0 Å². The molecule has 0 spiro atoms. The van der Waals surface area contributed by atoms with Crippen LogP contribution >= 0.6 is 0 Å². The van der Waals surface area contributed by atoms with Gasteiger partial charge >= 0.3 is 0 Å². The van der Waals surface area contributed by atoms with Crippen LogP contribution in [0.3, 0.4) is 0 Å². The van der Waals surface area contributed by atoms with E-state index in [2.05, 4.69) is 20.5 Å². The summed E-state index contributed by atoms with van der Waals surface area (Å²) >= 11 is 0. The van der Waals surface area contributed by atoms with Crippen molar-refractivity contribution in [2.24, 2.45) is 5.92 Å². The van der Waals surface area contributed by atoms with Gasteiger partial charge in [-0.2, -0.15) is 0 Å². The van der Waals surface area contributed by atoms with Crippen molar-refractivity contribution < 1.29 is 9.47 Å². The predicted molar refractivity (Wildman–Crippen MR) is 131 cm³/mol. The summed E-state index contributed by atoms with van der Waals surface area (Å²) < 4.78 is 11.7. The maximum absolute atomic E-state index is 6.41. The normalized spacial score (nSPS) is 17.4. The number of nitrogen functional groups attached to an aromatic ring is 1. The smallest absolute Gasteiger partial charge is 0.161 e. The summed E-state index contributed by atoms with van der Waals surface area (Å²) in [6.07, 6.45) is 7.77. The molecule has 0 bridgehead atoms. The van der Waals surface area contributed by atoms with E-state index in [9.17, 15) is 0 Å². The van der Waals surface area contributed by atoms with Gasteiger partial charge in [-0.3, -0.25) is 0 Å². The molecule has 0 amide bonds. The Morgan fingerprint density at radius 2 is 1.97 bits per heavy atom. The fourth-order valence-corrected chi connectivity index (χ4v) is 4.66. The van der Waals surface area contributed by atoms with E-state index in [4.69, 9.17) is 15.2 Å². The number of aromatic nitrogens is 1. The molecule has 1 aromatic carbocycles. The molecule has 2 saturated heterocycles. The van der Waals surface area contributed by atoms with Crippen molar-refractivity contribution in [1.82, 2.24) is 15.2 Å². The van der Waals surface area contributed by atoms with Gasteiger partial charge in [-0.25, -0.2) is 4.98 Å². The van der Waals surface area contributed by atoms with E-state index in [0.29, 0.717) is 18.2 Å². The second kappa shape index (κ2) is 11.4. The molecule has 4 N–H and O–H groups in total. The summed E-state index contributed by atoms with van der Waals surface area (Å²) in [5.41, 5.74) is 9.02. The van der Waals surface area contributed by atoms with Crippen LogP contribution in [0.1, 0.15) is 32.1 Å². The molecule has 3 heterocycles. The van der Waals surface area contributed by atoms with Crippen LogP contribution in [-0.4, -0.2) is 62.9 Å². The number of nitrogens with zero attached hydrogens (tertiary/aromatic N) is 2. The van der Waals surface area contributed by atoms with Gasteiger partial charge in [0.2, 0.25) is 0 Å². The summed E-state index contributed by atoms with van der Waals surface area (Å²) in [5, 5.41) is 6.98. The van der Waals surface area contributed by atoms with Crippen molar-refractivity contribution in [3.8, 4) is 22.6 Å². The molecule has 0 atom stereocenters. The molecular weight excluding hydrogens is 402 g/mol. The van der Waals surface area contributed by atoms with Crippen LogP contribution in [0.15, 0.2) is 30.5 Å². The number of ether oxygens (including phenoxy) is 2. The molecule has 2 aromatic rings. The molecule has 4 rings (SSSR count). The van der Waals surface area contributed by atoms with Gasteiger partial charge in [-0.15, -0.1) is 0 Å². The van der Waals surface area contributed by atoms with Gasteiger partial charge in [0.25, 0.3) is 0 Å². The van der Waals surface area contributed by atoms with Crippen LogP contribution in [0.2, 0.25) is 0 Å². The molecule has 0 unspecified atom stereocenters. The highest BCUT2D eigenvalue weighted by atomic mass is 16.5. The summed E-state index contributed by atoms with van der Waals surface area (Å²) in [4.78, 5) is 7.12. The molecule has 7 heteroatoms. The largest absolute Gasteiger partial charge is 0.493 e. The Balaban J connectivity index is 1.46. The summed E-state index contributed by atoms with van der Waals surface area (Å²) in [7, 11) is 1.68. The molecular formula is C25H37N5O2. The number of rotatable bonds is 10. The summed E-state index contributed by atoms with van der Waals surface area (Å²) in [6, 6.07) is 7.86. The first-order chi connectivity index (χ1) is 15.7. The Morgan fingerprint density at radius 3 is 2.75 bits per heavy atom. The molecule has 2 fully saturated rings. The zero-order valence-corrected chi connectivity index (χ0v) is 19.2. The van der Waals surface area contributed by atoms with Gasteiger partial charge in [0.15, 0.2) is 11.5 Å². The third-order valence-corrected chi connectivity index (χ3v) is 6.53. The number of anilines is 2. The van der Waals surface area contributed by atoms with E-state index in [1.54, 1.807) is 13.3 Å². The highest BCUT2D eigenvalue weighted by Crippen LogP contribution is 2.38. The van der Waals surface area contributed by atoms with E-state index in [1.807, 2.05) is 24.3 Å². The molecule has 1 aromatic heterocycles. The van der Waals surface area contributed by atoms with Gasteiger partial charge in [0.05, 0.1) is 13.7 Å². The predicted octanol–water partition coefficient (Wildman–Crippen LogP) is 3.62. The van der Waals surface area contributed by atoms with Crippen molar-refractivity contribution in [1.29, 1.82) is 0 Å². The average Bonchev–Trinajstić information content (AvgIpc) is 3.35. The second-order valence-electron chi connectivity index (χ2n) is 8.81. The van der Waals surface area contributed by atoms with E-state index in [1.165, 1.54) is 38.8 Å². The van der Waals surface area contributed by atoms with E-state index < -0.39 is 0 Å². The zero-order chi connectivity index (χ0) is 22.2. The second-order valence-corrected chi connectivity index (χ2v) is 8.81. The van der Waals surface area contributed by atoms with Gasteiger partial charge in [0, 0.05) is 30.5 Å². The number of methoxy groups -OCH3 is 1. The Morgan fingerprint density at radius 1 is 1.16 bits per heavy atom. The third kappa shape index (κ3) is 5.84. The molecule has 0 radical (unpaired) electrons. The number of hydrogen-bond donors (Lipinski definition) is 3. The highest BCUT2D eigenvalue weighted by molar-refractivity contribution is 5.86. The molecule has 0 saturated carbocycles. The van der Waals surface area contributed by atoms with Crippen molar-refractivity contribution in [2.75, 3.05) is 64.0 Å². The minimum Gasteiger partial charge on any atom is -0.493 e. The SMILES string of the molecule is COc1ccc(-c2c(N)ccnc2NCC2CCNCC2)cc1OCCCN1CCCC1. The molecule has 7 nitrogen and oxygen atoms in total. The van der Waals surface area contributed by atoms with Gasteiger partial charge < -0.3 is 30.7 Å². The molecule has 32 heavy (non-hydrogen) atoms. The Kier molecular flexibility index (Phi) is 8.07. The number of likely N-dealkylation sites (tertiary alicyclic amines) is 1. The van der Waals surface area contributed by atoms with Crippen LogP contribution < -0.4 is 25.8 Å². The Bertz CT molecular complexity index is 863. The standard InChI is InChI=1S/C25H37N5O2/c1-31-22-6-5-20(17-23(22)32-16-4-15-30-13-2-3-14-30)24-21(26)9-12-28-25(24)29-18-19-7-10-27-11-8-19/h5-6,9,12,17,19,27H,2-4,7-8,10-11,13-16,18H2,1H3,(H3,26,28,29). The first-order valence-electron chi connectivity index (χ1n) is 12.0. The number of benzene rings is 1. The molecule has 0 aliphatic carbocycles. The summed E-state index contributed by atoms with van der Waals surface area (Å²) in [6.45, 7) is 7.25. The van der Waals surface area contributed by atoms with Crippen molar-refractivity contribution in [3.63, 3.8) is 0 Å². The Labute approximate surface area is 191 Å². The first kappa shape index (κ1) is 22.7. The summed E-state index contributed by atoms with van der Waals surface area (Å²) in [5.74, 6) is 2.96. The monoisotopic (exact) mass is 439 g/mol. The van der Waals surface area contributed by atoms with Crippen LogP contribution in [0.5, 0.6) is 11.5 Å². The minimum absolute atomic E-state index is 0.651. The van der Waals surface area contributed by atoms with Crippen LogP contribution in [0.25, 0.3) is 11.1 Å². The Hall–Kier alpha value is -2.51. The quantitative estimate of drug-likeness (QED) is 0.488. The van der Waals surface area contributed by atoms with Gasteiger partial charge in [0.1, 0.15) is 5.82 Å². The third-order valence-electron chi connectivity index (χ3n) is 6.53. The van der Waals surface area contributed by atoms with Crippen molar-refractivity contribution in [2.45, 2.75) is 32.1 Å². The fourth-order valence-electron chi connectivity index (χ4n) is 4.66. The minimum atomic E-state index is 0.651. The lowest BCUT2D eigenvalue weighted by Gasteiger charge is -2.24. The molecule has 2 aliphatic heterocycles. The molecule has 2 aliphatic rings. The lowest BCUT2D eigenvalue weighted by Crippen LogP contribution is -2.31. The number of nitrogens with two attached hydrogens (primary N) is 1. The van der Waals surface area contributed by atoms with Crippen molar-refractivity contribution in [3.05, 3.63) is 30.5 Å². The van der Waals surface area contributed by atoms with Gasteiger partial charge in [-0.1, -0.05) is 6.07 Å². The lowest BCUT2D eigenvalue weighted by atomic mass is 9.98.